The number of aliphatic imine (C=N–C) groups is 1. The number of carbonyl (C=O) groups is 1. The van der Waals surface area contributed by atoms with Gasteiger partial charge < -0.3 is 5.73 Å². The van der Waals surface area contributed by atoms with Gasteiger partial charge in [0.25, 0.3) is 0 Å². The van der Waals surface area contributed by atoms with Crippen molar-refractivity contribution in [3.05, 3.63) is 39.9 Å². The van der Waals surface area contributed by atoms with Crippen LogP contribution < -0.4 is 5.73 Å². The zero-order valence-electron chi connectivity index (χ0n) is 12.2. The van der Waals surface area contributed by atoms with E-state index in [2.05, 4.69) is 25.9 Å². The van der Waals surface area contributed by atoms with Crippen molar-refractivity contribution in [1.29, 1.82) is 0 Å². The summed E-state index contributed by atoms with van der Waals surface area (Å²) in [5, 5.41) is 0.774. The summed E-state index contributed by atoms with van der Waals surface area (Å²) in [7, 11) is 1.64. The van der Waals surface area contributed by atoms with E-state index >= 15 is 0 Å². The molecule has 1 aromatic carbocycles. The molecular formula is C15H15BrN4OS. The molecule has 0 bridgehead atoms. The zero-order valence-corrected chi connectivity index (χ0v) is 14.6. The second kappa shape index (κ2) is 5.81. The van der Waals surface area contributed by atoms with Crippen LogP contribution in [0, 0.1) is 0 Å². The van der Waals surface area contributed by atoms with Crippen molar-refractivity contribution in [3.63, 3.8) is 0 Å². The number of hydrogen-bond acceptors (Lipinski definition) is 5. The lowest BCUT2D eigenvalue weighted by molar-refractivity contribution is -0.129. The third kappa shape index (κ3) is 2.66. The van der Waals surface area contributed by atoms with E-state index in [1.54, 1.807) is 7.05 Å². The highest BCUT2D eigenvalue weighted by Crippen LogP contribution is 2.35. The van der Waals surface area contributed by atoms with Crippen LogP contribution in [-0.4, -0.2) is 34.8 Å². The van der Waals surface area contributed by atoms with Crippen molar-refractivity contribution in [1.82, 2.24) is 9.88 Å². The lowest BCUT2D eigenvalue weighted by Gasteiger charge is -2.29. The van der Waals surface area contributed by atoms with Gasteiger partial charge in [-0.2, -0.15) is 0 Å². The van der Waals surface area contributed by atoms with Crippen molar-refractivity contribution < 1.29 is 4.79 Å². The van der Waals surface area contributed by atoms with E-state index in [1.165, 1.54) is 16.2 Å². The highest BCUT2D eigenvalue weighted by Gasteiger charge is 2.36. The first-order chi connectivity index (χ1) is 10.5. The summed E-state index contributed by atoms with van der Waals surface area (Å²) in [4.78, 5) is 23.7. The van der Waals surface area contributed by atoms with Gasteiger partial charge in [0.15, 0.2) is 5.96 Å². The molecule has 5 nitrogen and oxygen atoms in total. The van der Waals surface area contributed by atoms with E-state index in [0.29, 0.717) is 0 Å². The zero-order chi connectivity index (χ0) is 15.9. The molecule has 1 aliphatic rings. The van der Waals surface area contributed by atoms with Crippen LogP contribution >= 0.6 is 27.3 Å². The maximum absolute atomic E-state index is 12.5. The SMILES string of the molecule is C[C@@H]1N=C(N)N(C)C(=O)C1c1ncc(-c2cccc(Br)c2)s1. The summed E-state index contributed by atoms with van der Waals surface area (Å²) in [5.41, 5.74) is 6.82. The fourth-order valence-corrected chi connectivity index (χ4v) is 3.92. The molecule has 114 valence electrons. The molecule has 3 rings (SSSR count). The van der Waals surface area contributed by atoms with Gasteiger partial charge in [0, 0.05) is 17.7 Å². The molecule has 2 heterocycles. The molecule has 0 radical (unpaired) electrons. The summed E-state index contributed by atoms with van der Waals surface area (Å²) in [6.45, 7) is 1.89. The Kier molecular flexibility index (Phi) is 4.01. The van der Waals surface area contributed by atoms with Crippen LogP contribution in [0.15, 0.2) is 39.9 Å². The van der Waals surface area contributed by atoms with Gasteiger partial charge in [-0.3, -0.25) is 9.69 Å². The third-order valence-corrected chi connectivity index (χ3v) is 5.28. The molecule has 0 saturated carbocycles. The molecule has 7 heteroatoms. The van der Waals surface area contributed by atoms with Gasteiger partial charge in [0.2, 0.25) is 5.91 Å². The number of aromatic nitrogens is 1. The molecule has 1 aliphatic heterocycles. The Morgan fingerprint density at radius 1 is 1.41 bits per heavy atom. The van der Waals surface area contributed by atoms with E-state index in [4.69, 9.17) is 5.73 Å². The molecule has 2 atom stereocenters. The molecule has 0 saturated heterocycles. The Labute approximate surface area is 141 Å². The summed E-state index contributed by atoms with van der Waals surface area (Å²) >= 11 is 4.99. The van der Waals surface area contributed by atoms with Crippen LogP contribution in [0.1, 0.15) is 17.8 Å². The van der Waals surface area contributed by atoms with Crippen molar-refractivity contribution in [2.45, 2.75) is 18.9 Å². The minimum Gasteiger partial charge on any atom is -0.369 e. The van der Waals surface area contributed by atoms with E-state index in [-0.39, 0.29) is 23.8 Å². The molecule has 0 fully saturated rings. The number of benzene rings is 1. The maximum Gasteiger partial charge on any atom is 0.241 e. The highest BCUT2D eigenvalue weighted by molar-refractivity contribution is 9.10. The number of hydrogen-bond donors (Lipinski definition) is 1. The Morgan fingerprint density at radius 2 is 2.18 bits per heavy atom. The summed E-state index contributed by atoms with van der Waals surface area (Å²) < 4.78 is 1.01. The lowest BCUT2D eigenvalue weighted by Crippen LogP contribution is -2.48. The van der Waals surface area contributed by atoms with Crippen molar-refractivity contribution >= 4 is 39.1 Å². The molecule has 1 amide bonds. The van der Waals surface area contributed by atoms with Crippen molar-refractivity contribution in [2.75, 3.05) is 7.05 Å². The van der Waals surface area contributed by atoms with Gasteiger partial charge in [0.05, 0.1) is 10.9 Å². The Morgan fingerprint density at radius 3 is 2.91 bits per heavy atom. The van der Waals surface area contributed by atoms with Gasteiger partial charge >= 0.3 is 0 Å². The third-order valence-electron chi connectivity index (χ3n) is 3.66. The first-order valence-electron chi connectivity index (χ1n) is 6.80. The van der Waals surface area contributed by atoms with Gasteiger partial charge in [0.1, 0.15) is 10.9 Å². The number of likely N-dealkylation sites (N-methyl/N-ethyl adjacent to an activating group) is 1. The van der Waals surface area contributed by atoms with Gasteiger partial charge in [-0.15, -0.1) is 11.3 Å². The second-order valence-electron chi connectivity index (χ2n) is 5.18. The lowest BCUT2D eigenvalue weighted by atomic mass is 9.99. The molecule has 22 heavy (non-hydrogen) atoms. The van der Waals surface area contributed by atoms with Crippen LogP contribution in [0.4, 0.5) is 0 Å². The molecule has 2 N–H and O–H groups in total. The first-order valence-corrected chi connectivity index (χ1v) is 8.41. The van der Waals surface area contributed by atoms with Crippen LogP contribution in [0.25, 0.3) is 10.4 Å². The number of nitrogens with zero attached hydrogens (tertiary/aromatic N) is 3. The van der Waals surface area contributed by atoms with Crippen LogP contribution in [0.5, 0.6) is 0 Å². The predicted octanol–water partition coefficient (Wildman–Crippen LogP) is 2.83. The topological polar surface area (TPSA) is 71.6 Å². The van der Waals surface area contributed by atoms with Gasteiger partial charge in [-0.05, 0) is 24.6 Å². The Hall–Kier alpha value is -1.73. The average molecular weight is 379 g/mol. The monoisotopic (exact) mass is 378 g/mol. The van der Waals surface area contributed by atoms with E-state index in [1.807, 2.05) is 37.4 Å². The summed E-state index contributed by atoms with van der Waals surface area (Å²) in [5.74, 6) is -0.170. The van der Waals surface area contributed by atoms with Crippen LogP contribution in [0.2, 0.25) is 0 Å². The normalized spacial score (nSPS) is 21.9. The number of rotatable bonds is 2. The van der Waals surface area contributed by atoms with Crippen LogP contribution in [0.3, 0.4) is 0 Å². The smallest absolute Gasteiger partial charge is 0.241 e. The molecule has 0 spiro atoms. The van der Waals surface area contributed by atoms with Crippen LogP contribution in [-0.2, 0) is 4.79 Å². The number of thiazole rings is 1. The quantitative estimate of drug-likeness (QED) is 0.872. The van der Waals surface area contributed by atoms with E-state index < -0.39 is 0 Å². The molecule has 1 aromatic heterocycles. The second-order valence-corrected chi connectivity index (χ2v) is 7.15. The molecule has 0 aliphatic carbocycles. The first kappa shape index (κ1) is 15.2. The predicted molar refractivity (Wildman–Crippen MR) is 91.8 cm³/mol. The Bertz CT molecular complexity index is 758. The Balaban J connectivity index is 1.96. The highest BCUT2D eigenvalue weighted by atomic mass is 79.9. The molecular weight excluding hydrogens is 364 g/mol. The van der Waals surface area contributed by atoms with E-state index in [9.17, 15) is 4.79 Å². The fraction of sp³-hybridized carbons (Fsp3) is 0.267. The average Bonchev–Trinajstić information content (AvgIpc) is 2.94. The largest absolute Gasteiger partial charge is 0.369 e. The number of halogens is 1. The summed E-state index contributed by atoms with van der Waals surface area (Å²) in [6.07, 6.45) is 1.81. The van der Waals surface area contributed by atoms with Gasteiger partial charge in [-0.1, -0.05) is 28.1 Å². The number of carbonyl (C=O) groups excluding carboxylic acids is 1. The van der Waals surface area contributed by atoms with E-state index in [0.717, 1.165) is 19.9 Å². The number of nitrogens with two attached hydrogens (primary N) is 1. The molecule has 2 aromatic rings. The standard InChI is InChI=1S/C15H15BrN4OS/c1-8-12(14(21)20(2)15(17)19-8)13-18-7-11(22-13)9-4-3-5-10(16)6-9/h3-8,12H,1-2H3,(H2,17,19)/t8-,12?/m0/s1. The summed E-state index contributed by atoms with van der Waals surface area (Å²) in [6, 6.07) is 7.81. The van der Waals surface area contributed by atoms with Crippen molar-refractivity contribution in [3.8, 4) is 10.4 Å². The minimum atomic E-state index is -0.372. The molecule has 1 unspecified atom stereocenters. The maximum atomic E-state index is 12.5. The minimum absolute atomic E-state index is 0.0601. The van der Waals surface area contributed by atoms with Gasteiger partial charge in [-0.25, -0.2) is 9.98 Å². The number of amides is 1. The fourth-order valence-electron chi connectivity index (χ4n) is 2.42. The van der Waals surface area contributed by atoms with Crippen molar-refractivity contribution in [2.24, 2.45) is 10.7 Å². The number of guanidine groups is 1.